The fourth-order valence-electron chi connectivity index (χ4n) is 2.82. The van der Waals surface area contributed by atoms with E-state index in [2.05, 4.69) is 37.0 Å². The van der Waals surface area contributed by atoms with Crippen LogP contribution in [0, 0.1) is 0 Å². The standard InChI is InChI=1S/C20H23N3OS/c1-4-7-18(24)23(13-15-8-6-11-21-12-15)20-22-19-16(14(2)3)9-5-10-17(19)25-20/h5-6,8-12,14H,4,7,13H2,1-3H3. The maximum Gasteiger partial charge on any atom is 0.229 e. The third-order valence-electron chi connectivity index (χ3n) is 4.12. The molecular weight excluding hydrogens is 330 g/mol. The van der Waals surface area contributed by atoms with Gasteiger partial charge in [0.2, 0.25) is 5.91 Å². The van der Waals surface area contributed by atoms with Crippen molar-refractivity contribution in [2.45, 2.75) is 46.1 Å². The summed E-state index contributed by atoms with van der Waals surface area (Å²) in [6.07, 6.45) is 4.89. The number of carbonyl (C=O) groups excluding carboxylic acids is 1. The molecule has 5 heteroatoms. The van der Waals surface area contributed by atoms with Crippen molar-refractivity contribution in [1.29, 1.82) is 0 Å². The van der Waals surface area contributed by atoms with Gasteiger partial charge >= 0.3 is 0 Å². The van der Waals surface area contributed by atoms with Crippen molar-refractivity contribution in [3.8, 4) is 0 Å². The number of rotatable bonds is 6. The average molecular weight is 353 g/mol. The van der Waals surface area contributed by atoms with Crippen LogP contribution in [0.1, 0.15) is 50.7 Å². The number of hydrogen-bond acceptors (Lipinski definition) is 4. The molecule has 0 bridgehead atoms. The van der Waals surface area contributed by atoms with Crippen molar-refractivity contribution in [3.05, 3.63) is 53.9 Å². The Morgan fingerprint density at radius 2 is 2.08 bits per heavy atom. The average Bonchev–Trinajstić information content (AvgIpc) is 3.04. The van der Waals surface area contributed by atoms with Gasteiger partial charge in [0.15, 0.2) is 5.13 Å². The van der Waals surface area contributed by atoms with Crippen LogP contribution in [0.3, 0.4) is 0 Å². The van der Waals surface area contributed by atoms with Gasteiger partial charge in [-0.25, -0.2) is 4.98 Å². The number of pyridine rings is 1. The molecular formula is C20H23N3OS. The predicted octanol–water partition coefficient (Wildman–Crippen LogP) is 5.15. The Morgan fingerprint density at radius 3 is 2.76 bits per heavy atom. The Hall–Kier alpha value is -2.27. The van der Waals surface area contributed by atoms with Gasteiger partial charge in [-0.1, -0.05) is 50.3 Å². The number of hydrogen-bond donors (Lipinski definition) is 0. The van der Waals surface area contributed by atoms with Crippen LogP contribution in [0.4, 0.5) is 5.13 Å². The summed E-state index contributed by atoms with van der Waals surface area (Å²) < 4.78 is 1.13. The molecule has 0 N–H and O–H groups in total. The summed E-state index contributed by atoms with van der Waals surface area (Å²) in [5, 5.41) is 0.769. The molecule has 130 valence electrons. The summed E-state index contributed by atoms with van der Waals surface area (Å²) in [7, 11) is 0. The van der Waals surface area contributed by atoms with Crippen LogP contribution in [0.5, 0.6) is 0 Å². The van der Waals surface area contributed by atoms with Crippen molar-refractivity contribution >= 4 is 32.6 Å². The number of thiazole rings is 1. The maximum atomic E-state index is 12.7. The molecule has 1 amide bonds. The number of para-hydroxylation sites is 1. The highest BCUT2D eigenvalue weighted by atomic mass is 32.1. The molecule has 0 aliphatic rings. The Morgan fingerprint density at radius 1 is 1.24 bits per heavy atom. The van der Waals surface area contributed by atoms with Crippen molar-refractivity contribution < 1.29 is 4.79 Å². The van der Waals surface area contributed by atoms with E-state index in [1.165, 1.54) is 5.56 Å². The van der Waals surface area contributed by atoms with E-state index in [4.69, 9.17) is 4.98 Å². The van der Waals surface area contributed by atoms with Crippen LogP contribution in [-0.4, -0.2) is 15.9 Å². The van der Waals surface area contributed by atoms with Crippen LogP contribution in [0.2, 0.25) is 0 Å². The van der Waals surface area contributed by atoms with Crippen LogP contribution >= 0.6 is 11.3 Å². The van der Waals surface area contributed by atoms with Gasteiger partial charge in [0.1, 0.15) is 0 Å². The fraction of sp³-hybridized carbons (Fsp3) is 0.350. The number of benzene rings is 1. The number of amides is 1. The lowest BCUT2D eigenvalue weighted by atomic mass is 10.0. The SMILES string of the molecule is CCCC(=O)N(Cc1cccnc1)c1nc2c(C(C)C)cccc2s1. The minimum atomic E-state index is 0.108. The molecule has 25 heavy (non-hydrogen) atoms. The molecule has 0 saturated carbocycles. The summed E-state index contributed by atoms with van der Waals surface area (Å²) >= 11 is 1.58. The lowest BCUT2D eigenvalue weighted by Gasteiger charge is -2.19. The van der Waals surface area contributed by atoms with Gasteiger partial charge < -0.3 is 0 Å². The Labute approximate surface area is 152 Å². The summed E-state index contributed by atoms with van der Waals surface area (Å²) in [5.74, 6) is 0.508. The smallest absolute Gasteiger partial charge is 0.229 e. The monoisotopic (exact) mass is 353 g/mol. The van der Waals surface area contributed by atoms with Crippen LogP contribution in [0.15, 0.2) is 42.7 Å². The fourth-order valence-corrected chi connectivity index (χ4v) is 3.84. The highest BCUT2D eigenvalue weighted by molar-refractivity contribution is 7.22. The van der Waals surface area contributed by atoms with E-state index in [9.17, 15) is 4.79 Å². The first-order valence-corrected chi connectivity index (χ1v) is 9.50. The van der Waals surface area contributed by atoms with Gasteiger partial charge in [0, 0.05) is 18.8 Å². The number of nitrogens with zero attached hydrogens (tertiary/aromatic N) is 3. The second-order valence-electron chi connectivity index (χ2n) is 6.44. The Bertz CT molecular complexity index is 858. The van der Waals surface area contributed by atoms with E-state index in [0.717, 1.165) is 27.3 Å². The zero-order valence-corrected chi connectivity index (χ0v) is 15.7. The molecule has 1 aromatic carbocycles. The minimum absolute atomic E-state index is 0.108. The van der Waals surface area contributed by atoms with Gasteiger partial charge in [0.05, 0.1) is 16.8 Å². The Kier molecular flexibility index (Phi) is 5.43. The molecule has 0 fully saturated rings. The lowest BCUT2D eigenvalue weighted by Crippen LogP contribution is -2.30. The largest absolute Gasteiger partial charge is 0.284 e. The van der Waals surface area contributed by atoms with E-state index in [-0.39, 0.29) is 5.91 Å². The first-order valence-electron chi connectivity index (χ1n) is 8.69. The maximum absolute atomic E-state index is 12.7. The Balaban J connectivity index is 2.02. The van der Waals surface area contributed by atoms with Crippen molar-refractivity contribution in [1.82, 2.24) is 9.97 Å². The normalized spacial score (nSPS) is 11.2. The van der Waals surface area contributed by atoms with Crippen molar-refractivity contribution in [2.75, 3.05) is 4.90 Å². The molecule has 0 aliphatic carbocycles. The molecule has 0 saturated heterocycles. The van der Waals surface area contributed by atoms with Gasteiger partial charge in [0.25, 0.3) is 0 Å². The molecule has 0 radical (unpaired) electrons. The summed E-state index contributed by atoms with van der Waals surface area (Å²) in [6.45, 7) is 6.87. The predicted molar refractivity (Wildman–Crippen MR) is 104 cm³/mol. The first kappa shape index (κ1) is 17.5. The highest BCUT2D eigenvalue weighted by Gasteiger charge is 2.20. The highest BCUT2D eigenvalue weighted by Crippen LogP contribution is 2.34. The molecule has 0 aliphatic heterocycles. The summed E-state index contributed by atoms with van der Waals surface area (Å²) in [6, 6.07) is 10.2. The van der Waals surface area contributed by atoms with E-state index in [1.54, 1.807) is 28.6 Å². The van der Waals surface area contributed by atoms with Gasteiger partial charge in [-0.3, -0.25) is 14.7 Å². The summed E-state index contributed by atoms with van der Waals surface area (Å²) in [4.78, 5) is 23.5. The molecule has 2 heterocycles. The molecule has 2 aromatic heterocycles. The molecule has 4 nitrogen and oxygen atoms in total. The second kappa shape index (κ2) is 7.74. The molecule has 0 atom stereocenters. The van der Waals surface area contributed by atoms with Crippen molar-refractivity contribution in [2.24, 2.45) is 0 Å². The third-order valence-corrected chi connectivity index (χ3v) is 5.16. The second-order valence-corrected chi connectivity index (χ2v) is 7.45. The van der Waals surface area contributed by atoms with Gasteiger partial charge in [-0.05, 0) is 35.6 Å². The van der Waals surface area contributed by atoms with E-state index in [0.29, 0.717) is 18.9 Å². The topological polar surface area (TPSA) is 46.1 Å². The first-order chi connectivity index (χ1) is 12.1. The van der Waals surface area contributed by atoms with Gasteiger partial charge in [-0.15, -0.1) is 0 Å². The van der Waals surface area contributed by atoms with Gasteiger partial charge in [-0.2, -0.15) is 0 Å². The third kappa shape index (κ3) is 3.87. The van der Waals surface area contributed by atoms with E-state index >= 15 is 0 Å². The van der Waals surface area contributed by atoms with E-state index < -0.39 is 0 Å². The van der Waals surface area contributed by atoms with Crippen molar-refractivity contribution in [3.63, 3.8) is 0 Å². The zero-order valence-electron chi connectivity index (χ0n) is 14.9. The van der Waals surface area contributed by atoms with E-state index in [1.807, 2.05) is 19.1 Å². The quantitative estimate of drug-likeness (QED) is 0.616. The number of carbonyl (C=O) groups is 1. The lowest BCUT2D eigenvalue weighted by molar-refractivity contribution is -0.118. The summed E-state index contributed by atoms with van der Waals surface area (Å²) in [5.41, 5.74) is 3.25. The molecule has 0 unspecified atom stereocenters. The van der Waals surface area contributed by atoms with Crippen LogP contribution in [0.25, 0.3) is 10.2 Å². The molecule has 3 rings (SSSR count). The van der Waals surface area contributed by atoms with Crippen LogP contribution in [-0.2, 0) is 11.3 Å². The zero-order chi connectivity index (χ0) is 17.8. The molecule has 0 spiro atoms. The number of fused-ring (bicyclic) bond motifs is 1. The minimum Gasteiger partial charge on any atom is -0.284 e. The number of anilines is 1. The van der Waals surface area contributed by atoms with Crippen LogP contribution < -0.4 is 4.90 Å². The molecule has 3 aromatic rings. The number of aromatic nitrogens is 2.